The molecule has 5 heteroatoms. The maximum absolute atomic E-state index is 10.8. The Morgan fingerprint density at radius 2 is 1.54 bits per heavy atom. The van der Waals surface area contributed by atoms with E-state index in [9.17, 15) is 4.79 Å². The van der Waals surface area contributed by atoms with Gasteiger partial charge in [-0.15, -0.1) is 0 Å². The van der Waals surface area contributed by atoms with Crippen molar-refractivity contribution in [3.05, 3.63) is 29.8 Å². The molecule has 0 aromatic heterocycles. The van der Waals surface area contributed by atoms with Crippen molar-refractivity contribution in [2.24, 2.45) is 10.8 Å². The molecule has 1 aromatic carbocycles. The molecule has 0 heterocycles. The van der Waals surface area contributed by atoms with Crippen molar-refractivity contribution < 1.29 is 14.3 Å². The van der Waals surface area contributed by atoms with Gasteiger partial charge in [0.05, 0.1) is 0 Å². The maximum atomic E-state index is 10.8. The predicted molar refractivity (Wildman–Crippen MR) is 118 cm³/mol. The number of benzene rings is 1. The zero-order valence-electron chi connectivity index (χ0n) is 18.2. The van der Waals surface area contributed by atoms with Crippen LogP contribution in [0.4, 0.5) is 10.5 Å². The lowest BCUT2D eigenvalue weighted by Gasteiger charge is -2.54. The second-order valence-corrected chi connectivity index (χ2v) is 15.7. The third-order valence-corrected chi connectivity index (χ3v) is 12.4. The Balaban J connectivity index is 1.57. The highest BCUT2D eigenvalue weighted by molar-refractivity contribution is 6.74. The van der Waals surface area contributed by atoms with E-state index in [1.54, 1.807) is 0 Å². The molecule has 3 aliphatic carbocycles. The summed E-state index contributed by atoms with van der Waals surface area (Å²) in [5.41, 5.74) is 2.80. The molecule has 0 radical (unpaired) electrons. The molecule has 4 nitrogen and oxygen atoms in total. The number of carbonyl (C=O) groups is 1. The van der Waals surface area contributed by atoms with E-state index in [-0.39, 0.29) is 5.04 Å². The molecule has 1 aromatic rings. The van der Waals surface area contributed by atoms with Gasteiger partial charge in [0.15, 0.2) is 8.32 Å². The zero-order chi connectivity index (χ0) is 20.6. The van der Waals surface area contributed by atoms with E-state index in [1.807, 2.05) is 12.1 Å². The predicted octanol–water partition coefficient (Wildman–Crippen LogP) is 6.68. The topological polar surface area (TPSA) is 58.6 Å². The van der Waals surface area contributed by atoms with Crippen LogP contribution < -0.4 is 5.32 Å². The van der Waals surface area contributed by atoms with E-state index >= 15 is 0 Å². The minimum atomic E-state index is -1.68. The summed E-state index contributed by atoms with van der Waals surface area (Å²) >= 11 is 0. The summed E-state index contributed by atoms with van der Waals surface area (Å²) in [6.45, 7) is 12.6. The molecule has 3 fully saturated rings. The minimum Gasteiger partial charge on any atom is -0.465 e. The Kier molecular flexibility index (Phi) is 5.72. The molecule has 4 rings (SSSR count). The van der Waals surface area contributed by atoms with Crippen molar-refractivity contribution in [2.75, 3.05) is 11.9 Å². The standard InChI is InChI=1S/C23H37NO3Si/c1-21(2,3)28(4,5)27-17-23-13-10-22(11-14-23,12-15-23)16-18-6-8-19(9-7-18)24-20(25)26/h6-9,24H,10-17H2,1-5H3,(H,25,26). The van der Waals surface area contributed by atoms with Crippen LogP contribution in [0.25, 0.3) is 0 Å². The van der Waals surface area contributed by atoms with Crippen LogP contribution in [0.15, 0.2) is 24.3 Å². The second-order valence-electron chi connectivity index (χ2n) is 10.9. The van der Waals surface area contributed by atoms with E-state index in [4.69, 9.17) is 9.53 Å². The van der Waals surface area contributed by atoms with E-state index in [2.05, 4.69) is 51.3 Å². The lowest BCUT2D eigenvalue weighted by Crippen LogP contribution is -2.49. The summed E-state index contributed by atoms with van der Waals surface area (Å²) in [5.74, 6) is 0. The monoisotopic (exact) mass is 403 g/mol. The smallest absolute Gasteiger partial charge is 0.409 e. The third-order valence-electron chi connectivity index (χ3n) is 7.89. The summed E-state index contributed by atoms with van der Waals surface area (Å²) in [6.07, 6.45) is 7.86. The molecule has 2 bridgehead atoms. The highest BCUT2D eigenvalue weighted by Gasteiger charge is 2.49. The van der Waals surface area contributed by atoms with Gasteiger partial charge in [-0.3, -0.25) is 5.32 Å². The highest BCUT2D eigenvalue weighted by Crippen LogP contribution is 2.58. The zero-order valence-corrected chi connectivity index (χ0v) is 19.2. The van der Waals surface area contributed by atoms with Crippen molar-refractivity contribution in [3.8, 4) is 0 Å². The Morgan fingerprint density at radius 3 is 2.00 bits per heavy atom. The quantitative estimate of drug-likeness (QED) is 0.521. The molecule has 0 aliphatic heterocycles. The van der Waals surface area contributed by atoms with Crippen LogP contribution in [0.3, 0.4) is 0 Å². The van der Waals surface area contributed by atoms with Crippen molar-refractivity contribution in [2.45, 2.75) is 83.8 Å². The number of amides is 1. The molecular weight excluding hydrogens is 366 g/mol. The normalized spacial score (nSPS) is 27.6. The SMILES string of the molecule is CC(C)(C)[Si](C)(C)OCC12CCC(Cc3ccc(NC(=O)O)cc3)(CC1)CC2. The molecule has 1 amide bonds. The molecule has 3 aliphatic rings. The number of anilines is 1. The fourth-order valence-corrected chi connectivity index (χ4v) is 5.74. The first-order valence-corrected chi connectivity index (χ1v) is 13.6. The summed E-state index contributed by atoms with van der Waals surface area (Å²) < 4.78 is 6.63. The van der Waals surface area contributed by atoms with Gasteiger partial charge in [-0.25, -0.2) is 4.79 Å². The molecule has 0 spiro atoms. The lowest BCUT2D eigenvalue weighted by molar-refractivity contribution is -0.0385. The van der Waals surface area contributed by atoms with Crippen LogP contribution in [-0.4, -0.2) is 26.1 Å². The first-order valence-electron chi connectivity index (χ1n) is 10.7. The number of hydrogen-bond donors (Lipinski definition) is 2. The van der Waals surface area contributed by atoms with Gasteiger partial charge < -0.3 is 9.53 Å². The van der Waals surface area contributed by atoms with Gasteiger partial charge in [0.1, 0.15) is 0 Å². The van der Waals surface area contributed by atoms with Crippen LogP contribution in [0.1, 0.15) is 64.9 Å². The van der Waals surface area contributed by atoms with Gasteiger partial charge >= 0.3 is 6.09 Å². The Hall–Kier alpha value is -1.33. The van der Waals surface area contributed by atoms with Crippen molar-refractivity contribution in [1.82, 2.24) is 0 Å². The molecule has 28 heavy (non-hydrogen) atoms. The fourth-order valence-electron chi connectivity index (χ4n) is 4.64. The van der Waals surface area contributed by atoms with E-state index < -0.39 is 14.4 Å². The molecule has 2 N–H and O–H groups in total. The third kappa shape index (κ3) is 4.62. The van der Waals surface area contributed by atoms with Gasteiger partial charge in [0, 0.05) is 12.3 Å². The fraction of sp³-hybridized carbons (Fsp3) is 0.696. The molecular formula is C23H37NO3Si. The minimum absolute atomic E-state index is 0.276. The number of hydrogen-bond acceptors (Lipinski definition) is 2. The van der Waals surface area contributed by atoms with Crippen LogP contribution in [0.5, 0.6) is 0 Å². The van der Waals surface area contributed by atoms with Gasteiger partial charge in [-0.1, -0.05) is 32.9 Å². The van der Waals surface area contributed by atoms with Crippen molar-refractivity contribution in [3.63, 3.8) is 0 Å². The van der Waals surface area contributed by atoms with Gasteiger partial charge in [-0.2, -0.15) is 0 Å². The number of carboxylic acid groups (broad SMARTS) is 1. The van der Waals surface area contributed by atoms with Gasteiger partial charge in [-0.05, 0) is 91.6 Å². The van der Waals surface area contributed by atoms with E-state index in [1.165, 1.54) is 44.1 Å². The van der Waals surface area contributed by atoms with Crippen LogP contribution >= 0.6 is 0 Å². The molecule has 0 unspecified atom stereocenters. The summed E-state index contributed by atoms with van der Waals surface area (Å²) in [4.78, 5) is 10.8. The molecule has 0 saturated heterocycles. The van der Waals surface area contributed by atoms with E-state index in [0.29, 0.717) is 16.5 Å². The van der Waals surface area contributed by atoms with Crippen molar-refractivity contribution >= 4 is 20.1 Å². The molecule has 0 atom stereocenters. The Labute approximate surface area is 171 Å². The van der Waals surface area contributed by atoms with Gasteiger partial charge in [0.25, 0.3) is 0 Å². The van der Waals surface area contributed by atoms with E-state index in [0.717, 1.165) is 13.0 Å². The highest BCUT2D eigenvalue weighted by atomic mass is 28.4. The molecule has 3 saturated carbocycles. The lowest BCUT2D eigenvalue weighted by atomic mass is 9.52. The summed E-state index contributed by atoms with van der Waals surface area (Å²) in [7, 11) is -1.68. The Morgan fingerprint density at radius 1 is 1.04 bits per heavy atom. The van der Waals surface area contributed by atoms with Crippen molar-refractivity contribution in [1.29, 1.82) is 0 Å². The average molecular weight is 404 g/mol. The average Bonchev–Trinajstić information content (AvgIpc) is 2.62. The first kappa shape index (κ1) is 21.4. The summed E-state index contributed by atoms with van der Waals surface area (Å²) in [6, 6.07) is 7.92. The van der Waals surface area contributed by atoms with Crippen LogP contribution in [0, 0.1) is 10.8 Å². The van der Waals surface area contributed by atoms with Crippen LogP contribution in [0.2, 0.25) is 18.1 Å². The van der Waals surface area contributed by atoms with Gasteiger partial charge in [0.2, 0.25) is 0 Å². The maximum Gasteiger partial charge on any atom is 0.409 e. The summed E-state index contributed by atoms with van der Waals surface area (Å²) in [5, 5.41) is 11.5. The second kappa shape index (κ2) is 7.49. The first-order chi connectivity index (χ1) is 12.9. The molecule has 156 valence electrons. The number of fused-ring (bicyclic) bond motifs is 3. The number of nitrogens with one attached hydrogen (secondary N) is 1. The Bertz CT molecular complexity index is 681. The van der Waals surface area contributed by atoms with Crippen LogP contribution in [-0.2, 0) is 10.8 Å². The number of rotatable bonds is 6. The largest absolute Gasteiger partial charge is 0.465 e.